The van der Waals surface area contributed by atoms with Gasteiger partial charge in [-0.05, 0) is 74.1 Å². The summed E-state index contributed by atoms with van der Waals surface area (Å²) in [5.74, 6) is 0.710. The lowest BCUT2D eigenvalue weighted by molar-refractivity contribution is -0.137. The van der Waals surface area contributed by atoms with E-state index in [0.29, 0.717) is 45.2 Å². The van der Waals surface area contributed by atoms with Crippen LogP contribution < -0.4 is 15.0 Å². The van der Waals surface area contributed by atoms with Crippen LogP contribution in [-0.2, 0) is 20.8 Å². The highest BCUT2D eigenvalue weighted by atomic mass is 16.5. The topological polar surface area (TPSA) is 79.0 Å². The maximum absolute atomic E-state index is 13.0. The molecule has 180 valence electrons. The van der Waals surface area contributed by atoms with Gasteiger partial charge in [0, 0.05) is 37.2 Å². The third-order valence-corrected chi connectivity index (χ3v) is 6.85. The Labute approximate surface area is 201 Å². The molecular weight excluding hydrogens is 430 g/mol. The Morgan fingerprint density at radius 2 is 1.76 bits per heavy atom. The molecule has 2 saturated heterocycles. The number of nitrogens with zero attached hydrogens (tertiary/aromatic N) is 2. The molecule has 3 amide bonds. The number of ether oxygens (including phenoxy) is 1. The van der Waals surface area contributed by atoms with E-state index in [2.05, 4.69) is 11.4 Å². The van der Waals surface area contributed by atoms with Crippen molar-refractivity contribution in [2.75, 3.05) is 31.6 Å². The van der Waals surface area contributed by atoms with Crippen molar-refractivity contribution in [1.82, 2.24) is 10.2 Å². The molecule has 2 heterocycles. The number of aryl methyl sites for hydroxylation is 2. The first-order chi connectivity index (χ1) is 16.3. The van der Waals surface area contributed by atoms with Gasteiger partial charge in [-0.15, -0.1) is 0 Å². The number of nitrogens with one attached hydrogen (secondary N) is 1. The minimum absolute atomic E-state index is 0.0261. The van der Waals surface area contributed by atoms with Crippen LogP contribution in [0, 0.1) is 13.8 Å². The lowest BCUT2D eigenvalue weighted by Gasteiger charge is -2.36. The van der Waals surface area contributed by atoms with Gasteiger partial charge in [0.2, 0.25) is 17.7 Å². The SMILES string of the molecule is COc1ccc(C[C@]2(CCC(=O)N3CCN(c4cc(C)cc(C)c4)C(=O)C3)CCC(=O)N2)cc1. The monoisotopic (exact) mass is 463 g/mol. The molecule has 2 aliphatic rings. The minimum Gasteiger partial charge on any atom is -0.497 e. The highest BCUT2D eigenvalue weighted by molar-refractivity contribution is 5.98. The first-order valence-electron chi connectivity index (χ1n) is 11.9. The van der Waals surface area contributed by atoms with E-state index >= 15 is 0 Å². The molecule has 34 heavy (non-hydrogen) atoms. The van der Waals surface area contributed by atoms with Gasteiger partial charge in [-0.2, -0.15) is 0 Å². The molecule has 2 fully saturated rings. The van der Waals surface area contributed by atoms with E-state index in [1.54, 1.807) is 16.9 Å². The number of hydrogen-bond donors (Lipinski definition) is 1. The van der Waals surface area contributed by atoms with Crippen molar-refractivity contribution >= 4 is 23.4 Å². The Hall–Kier alpha value is -3.35. The number of piperazine rings is 1. The highest BCUT2D eigenvalue weighted by Gasteiger charge is 2.38. The third kappa shape index (κ3) is 5.41. The van der Waals surface area contributed by atoms with E-state index in [4.69, 9.17) is 4.74 Å². The van der Waals surface area contributed by atoms with Crippen LogP contribution in [0.25, 0.3) is 0 Å². The van der Waals surface area contributed by atoms with Crippen LogP contribution >= 0.6 is 0 Å². The molecule has 1 N–H and O–H groups in total. The molecule has 0 aliphatic carbocycles. The van der Waals surface area contributed by atoms with Crippen LogP contribution in [0.1, 0.15) is 42.4 Å². The molecule has 0 bridgehead atoms. The number of amides is 3. The Balaban J connectivity index is 1.37. The van der Waals surface area contributed by atoms with E-state index in [1.165, 1.54) is 0 Å². The lowest BCUT2D eigenvalue weighted by atomic mass is 9.85. The number of methoxy groups -OCH3 is 1. The quantitative estimate of drug-likeness (QED) is 0.684. The second-order valence-electron chi connectivity index (χ2n) is 9.56. The molecule has 1 atom stereocenters. The van der Waals surface area contributed by atoms with Gasteiger partial charge in [0.1, 0.15) is 12.3 Å². The Bertz CT molecular complexity index is 1060. The van der Waals surface area contributed by atoms with Crippen molar-refractivity contribution < 1.29 is 19.1 Å². The first-order valence-corrected chi connectivity index (χ1v) is 11.9. The van der Waals surface area contributed by atoms with Crippen LogP contribution in [0.2, 0.25) is 0 Å². The number of carbonyl (C=O) groups is 3. The van der Waals surface area contributed by atoms with Crippen LogP contribution in [0.3, 0.4) is 0 Å². The second kappa shape index (κ2) is 9.87. The fraction of sp³-hybridized carbons (Fsp3) is 0.444. The number of benzene rings is 2. The summed E-state index contributed by atoms with van der Waals surface area (Å²) in [6.07, 6.45) is 2.68. The van der Waals surface area contributed by atoms with E-state index in [9.17, 15) is 14.4 Å². The zero-order valence-corrected chi connectivity index (χ0v) is 20.2. The number of carbonyl (C=O) groups excluding carboxylic acids is 3. The van der Waals surface area contributed by atoms with Crippen molar-refractivity contribution in [3.05, 3.63) is 59.2 Å². The van der Waals surface area contributed by atoms with Crippen LogP contribution in [0.15, 0.2) is 42.5 Å². The van der Waals surface area contributed by atoms with Crippen LogP contribution in [-0.4, -0.2) is 54.9 Å². The normalized spacial score (nSPS) is 20.4. The molecule has 0 saturated carbocycles. The molecule has 2 aromatic carbocycles. The van der Waals surface area contributed by atoms with Gasteiger partial charge in [0.25, 0.3) is 0 Å². The number of rotatable bonds is 7. The summed E-state index contributed by atoms with van der Waals surface area (Å²) in [7, 11) is 1.63. The van der Waals surface area contributed by atoms with Gasteiger partial charge >= 0.3 is 0 Å². The molecule has 0 aromatic heterocycles. The predicted molar refractivity (Wildman–Crippen MR) is 131 cm³/mol. The molecular formula is C27H33N3O4. The van der Waals surface area contributed by atoms with Crippen LogP contribution in [0.4, 0.5) is 5.69 Å². The van der Waals surface area contributed by atoms with Gasteiger partial charge in [-0.25, -0.2) is 0 Å². The standard InChI is InChI=1S/C27H33N3O4/c1-19-14-20(2)16-22(15-19)30-13-12-29(18-26(30)33)25(32)9-11-27(10-8-24(31)28-27)17-21-4-6-23(34-3)7-5-21/h4-7,14-16H,8-13,17-18H2,1-3H3,(H,28,31)/t27-/m1/s1. The molecule has 4 rings (SSSR count). The average Bonchev–Trinajstić information content (AvgIpc) is 3.17. The van der Waals surface area contributed by atoms with Crippen molar-refractivity contribution in [2.45, 2.75) is 51.5 Å². The predicted octanol–water partition coefficient (Wildman–Crippen LogP) is 3.16. The Kier molecular flexibility index (Phi) is 6.91. The van der Waals surface area contributed by atoms with E-state index in [1.807, 2.05) is 50.2 Å². The molecule has 2 aliphatic heterocycles. The van der Waals surface area contributed by atoms with Gasteiger partial charge in [0.15, 0.2) is 0 Å². The summed E-state index contributed by atoms with van der Waals surface area (Å²) in [4.78, 5) is 41.4. The maximum atomic E-state index is 13.0. The summed E-state index contributed by atoms with van der Waals surface area (Å²) >= 11 is 0. The fourth-order valence-electron chi connectivity index (χ4n) is 5.09. The molecule has 2 aromatic rings. The summed E-state index contributed by atoms with van der Waals surface area (Å²) in [6, 6.07) is 13.9. The van der Waals surface area contributed by atoms with Crippen molar-refractivity contribution in [1.29, 1.82) is 0 Å². The van der Waals surface area contributed by atoms with Gasteiger partial charge in [-0.3, -0.25) is 14.4 Å². The summed E-state index contributed by atoms with van der Waals surface area (Å²) in [5, 5.41) is 3.13. The Morgan fingerprint density at radius 3 is 2.35 bits per heavy atom. The number of hydrogen-bond acceptors (Lipinski definition) is 4. The maximum Gasteiger partial charge on any atom is 0.246 e. The smallest absolute Gasteiger partial charge is 0.246 e. The van der Waals surface area contributed by atoms with E-state index in [-0.39, 0.29) is 24.3 Å². The Morgan fingerprint density at radius 1 is 1.06 bits per heavy atom. The highest BCUT2D eigenvalue weighted by Crippen LogP contribution is 2.31. The summed E-state index contributed by atoms with van der Waals surface area (Å²) in [6.45, 7) is 5.12. The zero-order chi connectivity index (χ0) is 24.3. The van der Waals surface area contributed by atoms with E-state index < -0.39 is 5.54 Å². The molecule has 7 nitrogen and oxygen atoms in total. The largest absolute Gasteiger partial charge is 0.497 e. The zero-order valence-electron chi connectivity index (χ0n) is 20.2. The molecule has 0 radical (unpaired) electrons. The molecule has 0 unspecified atom stereocenters. The summed E-state index contributed by atoms with van der Waals surface area (Å²) in [5.41, 5.74) is 3.77. The van der Waals surface area contributed by atoms with Crippen molar-refractivity contribution in [3.8, 4) is 5.75 Å². The fourth-order valence-corrected chi connectivity index (χ4v) is 5.09. The number of anilines is 1. The van der Waals surface area contributed by atoms with Gasteiger partial charge < -0.3 is 19.9 Å². The van der Waals surface area contributed by atoms with Crippen molar-refractivity contribution in [2.24, 2.45) is 0 Å². The molecule has 7 heteroatoms. The van der Waals surface area contributed by atoms with Gasteiger partial charge in [0.05, 0.1) is 7.11 Å². The van der Waals surface area contributed by atoms with E-state index in [0.717, 1.165) is 28.1 Å². The molecule has 0 spiro atoms. The van der Waals surface area contributed by atoms with Crippen LogP contribution in [0.5, 0.6) is 5.75 Å². The second-order valence-corrected chi connectivity index (χ2v) is 9.56. The minimum atomic E-state index is -0.438. The van der Waals surface area contributed by atoms with Crippen molar-refractivity contribution in [3.63, 3.8) is 0 Å². The summed E-state index contributed by atoms with van der Waals surface area (Å²) < 4.78 is 5.23. The first kappa shape index (κ1) is 23.8. The third-order valence-electron chi connectivity index (χ3n) is 6.85. The average molecular weight is 464 g/mol. The van der Waals surface area contributed by atoms with Gasteiger partial charge in [-0.1, -0.05) is 18.2 Å². The lowest BCUT2D eigenvalue weighted by Crippen LogP contribution is -2.53.